The van der Waals surface area contributed by atoms with Crippen LogP contribution in [-0.2, 0) is 22.6 Å². The molecule has 1 aromatic carbocycles. The van der Waals surface area contributed by atoms with Crippen LogP contribution < -0.4 is 0 Å². The van der Waals surface area contributed by atoms with Crippen molar-refractivity contribution in [3.05, 3.63) is 29.6 Å². The summed E-state index contributed by atoms with van der Waals surface area (Å²) in [7, 11) is 1.65. The quantitative estimate of drug-likeness (QED) is 0.735. The molecule has 112 valence electrons. The molecule has 0 fully saturated rings. The smallest absolute Gasteiger partial charge is 0.136 e. The summed E-state index contributed by atoms with van der Waals surface area (Å²) in [6, 6.07) is 7.77. The van der Waals surface area contributed by atoms with Gasteiger partial charge in [0.25, 0.3) is 0 Å². The maximum atomic E-state index is 9.00. The second kappa shape index (κ2) is 7.21. The summed E-state index contributed by atoms with van der Waals surface area (Å²) < 4.78 is 12.7. The van der Waals surface area contributed by atoms with Gasteiger partial charge in [0, 0.05) is 13.7 Å². The van der Waals surface area contributed by atoms with Crippen molar-refractivity contribution in [1.82, 2.24) is 9.55 Å². The van der Waals surface area contributed by atoms with Crippen LogP contribution in [0.2, 0.25) is 0 Å². The summed E-state index contributed by atoms with van der Waals surface area (Å²) in [5.74, 6) is 1.40. The Morgan fingerprint density at radius 1 is 1.33 bits per heavy atom. The number of hydrogen-bond donors (Lipinski definition) is 0. The van der Waals surface area contributed by atoms with Crippen LogP contribution in [0, 0.1) is 17.2 Å². The van der Waals surface area contributed by atoms with E-state index in [1.807, 2.05) is 18.2 Å². The molecule has 0 atom stereocenters. The van der Waals surface area contributed by atoms with E-state index >= 15 is 0 Å². The number of ether oxygens (including phenoxy) is 2. The Labute approximate surface area is 125 Å². The second-order valence-electron chi connectivity index (χ2n) is 5.39. The first-order valence-electron chi connectivity index (χ1n) is 7.11. The summed E-state index contributed by atoms with van der Waals surface area (Å²) >= 11 is 0. The molecule has 0 amide bonds. The Morgan fingerprint density at radius 2 is 2.14 bits per heavy atom. The zero-order valence-electron chi connectivity index (χ0n) is 12.8. The Balaban J connectivity index is 2.30. The molecule has 0 bridgehead atoms. The summed E-state index contributed by atoms with van der Waals surface area (Å²) in [5, 5.41) is 9.00. The zero-order chi connectivity index (χ0) is 15.2. The number of imidazole rings is 1. The highest BCUT2D eigenvalue weighted by Gasteiger charge is 2.12. The summed E-state index contributed by atoms with van der Waals surface area (Å²) in [5.41, 5.74) is 2.52. The molecule has 0 aliphatic heterocycles. The standard InChI is InChI=1S/C16H21N3O2/c1-12(2)10-19-15-5-4-13(9-17)8-14(15)18-16(19)11-21-7-6-20-3/h4-5,8,12H,6-7,10-11H2,1-3H3. The molecule has 21 heavy (non-hydrogen) atoms. The van der Waals surface area contributed by atoms with Gasteiger partial charge in [0.2, 0.25) is 0 Å². The van der Waals surface area contributed by atoms with E-state index < -0.39 is 0 Å². The fourth-order valence-corrected chi connectivity index (χ4v) is 2.23. The molecule has 0 spiro atoms. The highest BCUT2D eigenvalue weighted by molar-refractivity contribution is 5.77. The van der Waals surface area contributed by atoms with Gasteiger partial charge >= 0.3 is 0 Å². The van der Waals surface area contributed by atoms with Gasteiger partial charge < -0.3 is 14.0 Å². The molecule has 5 heteroatoms. The average Bonchev–Trinajstić information content (AvgIpc) is 2.80. The first kappa shape index (κ1) is 15.5. The van der Waals surface area contributed by atoms with E-state index in [0.29, 0.717) is 31.3 Å². The number of benzene rings is 1. The number of aromatic nitrogens is 2. The normalized spacial score (nSPS) is 11.2. The number of nitriles is 1. The minimum atomic E-state index is 0.451. The molecule has 1 heterocycles. The van der Waals surface area contributed by atoms with Gasteiger partial charge in [-0.1, -0.05) is 13.8 Å². The number of nitrogens with zero attached hydrogens (tertiary/aromatic N) is 3. The third kappa shape index (κ3) is 3.81. The van der Waals surface area contributed by atoms with Crippen molar-refractivity contribution in [3.8, 4) is 6.07 Å². The molecule has 2 aromatic rings. The third-order valence-electron chi connectivity index (χ3n) is 3.17. The predicted molar refractivity (Wildman–Crippen MR) is 80.8 cm³/mol. The van der Waals surface area contributed by atoms with E-state index in [-0.39, 0.29) is 0 Å². The summed E-state index contributed by atoms with van der Waals surface area (Å²) in [6.45, 7) is 6.79. The van der Waals surface area contributed by atoms with Crippen LogP contribution in [-0.4, -0.2) is 29.9 Å². The minimum Gasteiger partial charge on any atom is -0.382 e. The maximum absolute atomic E-state index is 9.00. The van der Waals surface area contributed by atoms with Gasteiger partial charge in [-0.2, -0.15) is 5.26 Å². The first-order valence-corrected chi connectivity index (χ1v) is 7.11. The van der Waals surface area contributed by atoms with Gasteiger partial charge in [0.05, 0.1) is 35.9 Å². The first-order chi connectivity index (χ1) is 10.2. The van der Waals surface area contributed by atoms with Crippen molar-refractivity contribution in [2.24, 2.45) is 5.92 Å². The molecule has 2 rings (SSSR count). The van der Waals surface area contributed by atoms with Crippen LogP contribution in [0.25, 0.3) is 11.0 Å². The lowest BCUT2D eigenvalue weighted by atomic mass is 10.2. The van der Waals surface area contributed by atoms with Crippen LogP contribution in [0.4, 0.5) is 0 Å². The minimum absolute atomic E-state index is 0.451. The van der Waals surface area contributed by atoms with Crippen LogP contribution in [0.5, 0.6) is 0 Å². The van der Waals surface area contributed by atoms with Crippen molar-refractivity contribution in [3.63, 3.8) is 0 Å². The molecule has 0 aliphatic carbocycles. The predicted octanol–water partition coefficient (Wildman–Crippen LogP) is 2.73. The van der Waals surface area contributed by atoms with Gasteiger partial charge in [-0.3, -0.25) is 0 Å². The van der Waals surface area contributed by atoms with E-state index in [2.05, 4.69) is 29.5 Å². The molecule has 0 N–H and O–H groups in total. The Kier molecular flexibility index (Phi) is 5.32. The Morgan fingerprint density at radius 3 is 2.81 bits per heavy atom. The molecule has 1 aromatic heterocycles. The number of rotatable bonds is 7. The monoisotopic (exact) mass is 287 g/mol. The molecule has 5 nitrogen and oxygen atoms in total. The highest BCUT2D eigenvalue weighted by atomic mass is 16.5. The van der Waals surface area contributed by atoms with E-state index in [9.17, 15) is 0 Å². The van der Waals surface area contributed by atoms with Crippen LogP contribution in [0.3, 0.4) is 0 Å². The zero-order valence-corrected chi connectivity index (χ0v) is 12.8. The van der Waals surface area contributed by atoms with Gasteiger partial charge in [-0.15, -0.1) is 0 Å². The topological polar surface area (TPSA) is 60.1 Å². The molecule has 0 saturated carbocycles. The SMILES string of the molecule is COCCOCc1nc2cc(C#N)ccc2n1CC(C)C. The van der Waals surface area contributed by atoms with Crippen molar-refractivity contribution in [1.29, 1.82) is 5.26 Å². The van der Waals surface area contributed by atoms with Crippen LogP contribution in [0.1, 0.15) is 25.2 Å². The Hall–Kier alpha value is -1.90. The Bertz CT molecular complexity index is 641. The van der Waals surface area contributed by atoms with E-state index in [0.717, 1.165) is 23.4 Å². The molecule has 0 aliphatic rings. The number of hydrogen-bond acceptors (Lipinski definition) is 4. The van der Waals surface area contributed by atoms with E-state index in [4.69, 9.17) is 14.7 Å². The van der Waals surface area contributed by atoms with Gasteiger partial charge in [-0.25, -0.2) is 4.98 Å². The lowest BCUT2D eigenvalue weighted by Crippen LogP contribution is -2.11. The largest absolute Gasteiger partial charge is 0.382 e. The lowest BCUT2D eigenvalue weighted by molar-refractivity contribution is 0.0573. The fraction of sp³-hybridized carbons (Fsp3) is 0.500. The highest BCUT2D eigenvalue weighted by Crippen LogP contribution is 2.20. The van der Waals surface area contributed by atoms with Gasteiger partial charge in [-0.05, 0) is 24.1 Å². The van der Waals surface area contributed by atoms with Crippen molar-refractivity contribution in [2.45, 2.75) is 27.0 Å². The molecule has 0 unspecified atom stereocenters. The third-order valence-corrected chi connectivity index (χ3v) is 3.17. The van der Waals surface area contributed by atoms with Crippen molar-refractivity contribution in [2.75, 3.05) is 20.3 Å². The van der Waals surface area contributed by atoms with E-state index in [1.54, 1.807) is 7.11 Å². The van der Waals surface area contributed by atoms with Crippen molar-refractivity contribution < 1.29 is 9.47 Å². The fourth-order valence-electron chi connectivity index (χ4n) is 2.23. The number of fused-ring (bicyclic) bond motifs is 1. The summed E-state index contributed by atoms with van der Waals surface area (Å²) in [4.78, 5) is 4.62. The van der Waals surface area contributed by atoms with Crippen molar-refractivity contribution >= 4 is 11.0 Å². The molecule has 0 radical (unpaired) electrons. The maximum Gasteiger partial charge on any atom is 0.136 e. The molecule has 0 saturated heterocycles. The lowest BCUT2D eigenvalue weighted by Gasteiger charge is -2.12. The van der Waals surface area contributed by atoms with Crippen LogP contribution >= 0.6 is 0 Å². The number of methoxy groups -OCH3 is 1. The average molecular weight is 287 g/mol. The second-order valence-corrected chi connectivity index (χ2v) is 5.39. The van der Waals surface area contributed by atoms with Gasteiger partial charge in [0.15, 0.2) is 0 Å². The van der Waals surface area contributed by atoms with Crippen LogP contribution in [0.15, 0.2) is 18.2 Å². The summed E-state index contributed by atoms with van der Waals surface area (Å²) in [6.07, 6.45) is 0. The van der Waals surface area contributed by atoms with Gasteiger partial charge in [0.1, 0.15) is 12.4 Å². The van der Waals surface area contributed by atoms with E-state index in [1.165, 1.54) is 0 Å². The molecular formula is C16H21N3O2. The molecular weight excluding hydrogens is 266 g/mol.